The van der Waals surface area contributed by atoms with Crippen LogP contribution in [0.5, 0.6) is 0 Å². The van der Waals surface area contributed by atoms with E-state index in [1.54, 1.807) is 6.92 Å². The maximum Gasteiger partial charge on any atom is 0.222 e. The number of carbonyl (C=O) groups is 2. The number of likely N-dealkylation sites (tertiary alicyclic amines) is 1. The highest BCUT2D eigenvalue weighted by molar-refractivity contribution is 5.77. The Morgan fingerprint density at radius 3 is 2.48 bits per heavy atom. The average molecular weight is 456 g/mol. The van der Waals surface area contributed by atoms with Gasteiger partial charge in [-0.15, -0.1) is 0 Å². The minimum atomic E-state index is -0.434. The second-order valence-corrected chi connectivity index (χ2v) is 9.25. The molecule has 0 aliphatic carbocycles. The van der Waals surface area contributed by atoms with Crippen LogP contribution in [0.2, 0.25) is 0 Å². The number of piperazine rings is 1. The molecule has 4 rings (SSSR count). The molecule has 0 bridgehead atoms. The SMILES string of the molecule is CCn1c(CCCC(=O)N2CC[C@H](O)[C@@H](N3CCN(C(C)=O)CC3)CC2)nc2ccccc21. The van der Waals surface area contributed by atoms with Gasteiger partial charge in [-0.3, -0.25) is 14.5 Å². The van der Waals surface area contributed by atoms with E-state index in [2.05, 4.69) is 22.5 Å². The Bertz CT molecular complexity index is 966. The van der Waals surface area contributed by atoms with Gasteiger partial charge in [-0.2, -0.15) is 0 Å². The van der Waals surface area contributed by atoms with Crippen molar-refractivity contribution in [3.8, 4) is 0 Å². The minimum absolute atomic E-state index is 0.0568. The molecule has 8 heteroatoms. The number of aryl methyl sites for hydroxylation is 2. The summed E-state index contributed by atoms with van der Waals surface area (Å²) < 4.78 is 2.23. The average Bonchev–Trinajstić information content (AvgIpc) is 3.06. The number of aliphatic hydroxyl groups is 1. The Hall–Kier alpha value is -2.45. The van der Waals surface area contributed by atoms with Crippen molar-refractivity contribution >= 4 is 22.8 Å². The number of hydrogen-bond acceptors (Lipinski definition) is 5. The number of hydrogen-bond donors (Lipinski definition) is 1. The summed E-state index contributed by atoms with van der Waals surface area (Å²) in [5.41, 5.74) is 2.16. The zero-order valence-corrected chi connectivity index (χ0v) is 19.9. The van der Waals surface area contributed by atoms with Crippen molar-refractivity contribution in [3.63, 3.8) is 0 Å². The van der Waals surface area contributed by atoms with Crippen molar-refractivity contribution in [1.82, 2.24) is 24.3 Å². The first-order valence-electron chi connectivity index (χ1n) is 12.4. The number of para-hydroxylation sites is 2. The standard InChI is InChI=1S/C25H37N5O3/c1-3-30-21-8-5-4-7-20(21)26-24(30)9-6-10-25(33)29-13-11-22(23(32)12-14-29)28-17-15-27(16-18-28)19(2)31/h4-5,7-8,22-23,32H,3,6,9-18H2,1-2H3/t22-,23-/m0/s1. The number of carbonyl (C=O) groups excluding carboxylic acids is 2. The second-order valence-electron chi connectivity index (χ2n) is 9.25. The van der Waals surface area contributed by atoms with Crippen LogP contribution >= 0.6 is 0 Å². The van der Waals surface area contributed by atoms with Crippen LogP contribution in [0.4, 0.5) is 0 Å². The molecule has 2 aliphatic rings. The fraction of sp³-hybridized carbons (Fsp3) is 0.640. The molecule has 1 aromatic heterocycles. The van der Waals surface area contributed by atoms with E-state index in [9.17, 15) is 14.7 Å². The van der Waals surface area contributed by atoms with Gasteiger partial charge in [-0.05, 0) is 38.3 Å². The van der Waals surface area contributed by atoms with Crippen LogP contribution in [0, 0.1) is 0 Å². The van der Waals surface area contributed by atoms with Gasteiger partial charge >= 0.3 is 0 Å². The van der Waals surface area contributed by atoms with Crippen LogP contribution < -0.4 is 0 Å². The normalized spacial score (nSPS) is 22.5. The summed E-state index contributed by atoms with van der Waals surface area (Å²) in [5.74, 6) is 1.33. The minimum Gasteiger partial charge on any atom is -0.391 e. The molecule has 2 aliphatic heterocycles. The molecule has 0 unspecified atom stereocenters. The number of imidazole rings is 1. The van der Waals surface area contributed by atoms with Crippen molar-refractivity contribution in [2.45, 2.75) is 64.6 Å². The third-order valence-corrected chi connectivity index (χ3v) is 7.26. The molecule has 2 amide bonds. The second kappa shape index (κ2) is 10.7. The Labute approximate surface area is 196 Å². The lowest BCUT2D eigenvalue weighted by atomic mass is 10.0. The molecular formula is C25H37N5O3. The van der Waals surface area contributed by atoms with E-state index in [0.717, 1.165) is 55.8 Å². The van der Waals surface area contributed by atoms with Crippen LogP contribution in [-0.2, 0) is 22.6 Å². The Kier molecular flexibility index (Phi) is 7.65. The molecule has 2 fully saturated rings. The van der Waals surface area contributed by atoms with Crippen molar-refractivity contribution < 1.29 is 14.7 Å². The number of rotatable bonds is 6. The zero-order chi connectivity index (χ0) is 23.4. The molecule has 1 N–H and O–H groups in total. The van der Waals surface area contributed by atoms with Crippen LogP contribution in [0.25, 0.3) is 11.0 Å². The monoisotopic (exact) mass is 455 g/mol. The van der Waals surface area contributed by atoms with Gasteiger partial charge < -0.3 is 19.5 Å². The maximum absolute atomic E-state index is 12.9. The van der Waals surface area contributed by atoms with E-state index in [4.69, 9.17) is 4.98 Å². The van der Waals surface area contributed by atoms with Crippen molar-refractivity contribution in [1.29, 1.82) is 0 Å². The number of fused-ring (bicyclic) bond motifs is 1. The first kappa shape index (κ1) is 23.7. The van der Waals surface area contributed by atoms with Gasteiger partial charge in [0.05, 0.1) is 17.1 Å². The summed E-state index contributed by atoms with van der Waals surface area (Å²) in [7, 11) is 0. The summed E-state index contributed by atoms with van der Waals surface area (Å²) in [6.07, 6.45) is 3.01. The predicted molar refractivity (Wildman–Crippen MR) is 128 cm³/mol. The zero-order valence-electron chi connectivity index (χ0n) is 19.9. The van der Waals surface area contributed by atoms with E-state index in [0.29, 0.717) is 39.0 Å². The molecule has 2 atom stereocenters. The number of benzene rings is 1. The van der Waals surface area contributed by atoms with Crippen molar-refractivity contribution in [2.24, 2.45) is 0 Å². The van der Waals surface area contributed by atoms with Crippen molar-refractivity contribution in [3.05, 3.63) is 30.1 Å². The maximum atomic E-state index is 12.9. The molecule has 33 heavy (non-hydrogen) atoms. The highest BCUT2D eigenvalue weighted by atomic mass is 16.3. The summed E-state index contributed by atoms with van der Waals surface area (Å²) in [6, 6.07) is 8.23. The van der Waals surface area contributed by atoms with E-state index < -0.39 is 6.10 Å². The highest BCUT2D eigenvalue weighted by Gasteiger charge is 2.33. The van der Waals surface area contributed by atoms with Gasteiger partial charge in [0.25, 0.3) is 0 Å². The highest BCUT2D eigenvalue weighted by Crippen LogP contribution is 2.21. The topological polar surface area (TPSA) is 81.9 Å². The molecule has 8 nitrogen and oxygen atoms in total. The number of nitrogens with zero attached hydrogens (tertiary/aromatic N) is 5. The fourth-order valence-corrected chi connectivity index (χ4v) is 5.34. The van der Waals surface area contributed by atoms with Crippen LogP contribution in [0.1, 0.15) is 45.4 Å². The van der Waals surface area contributed by atoms with Gasteiger partial charge in [0.2, 0.25) is 11.8 Å². The lowest BCUT2D eigenvalue weighted by Crippen LogP contribution is -2.54. The predicted octanol–water partition coefficient (Wildman–Crippen LogP) is 1.89. The quantitative estimate of drug-likeness (QED) is 0.720. The number of aromatic nitrogens is 2. The largest absolute Gasteiger partial charge is 0.391 e. The van der Waals surface area contributed by atoms with Gasteiger partial charge in [-0.1, -0.05) is 12.1 Å². The molecule has 2 saturated heterocycles. The van der Waals surface area contributed by atoms with Crippen LogP contribution in [0.15, 0.2) is 24.3 Å². The van der Waals surface area contributed by atoms with E-state index in [1.165, 1.54) is 0 Å². The number of amides is 2. The summed E-state index contributed by atoms with van der Waals surface area (Å²) in [4.78, 5) is 35.4. The Morgan fingerprint density at radius 1 is 1.03 bits per heavy atom. The molecule has 0 spiro atoms. The first-order chi connectivity index (χ1) is 16.0. The Morgan fingerprint density at radius 2 is 1.76 bits per heavy atom. The molecule has 3 heterocycles. The lowest BCUT2D eigenvalue weighted by Gasteiger charge is -2.40. The third kappa shape index (κ3) is 5.38. The summed E-state index contributed by atoms with van der Waals surface area (Å²) in [5, 5.41) is 10.8. The van der Waals surface area contributed by atoms with Gasteiger partial charge in [0.15, 0.2) is 0 Å². The van der Waals surface area contributed by atoms with Crippen LogP contribution in [-0.4, -0.2) is 92.6 Å². The van der Waals surface area contributed by atoms with Gasteiger partial charge in [-0.25, -0.2) is 4.98 Å². The molecule has 180 valence electrons. The Balaban J connectivity index is 1.28. The smallest absolute Gasteiger partial charge is 0.222 e. The van der Waals surface area contributed by atoms with E-state index in [1.807, 2.05) is 28.0 Å². The molecule has 1 aromatic carbocycles. The van der Waals surface area contributed by atoms with Gasteiger partial charge in [0.1, 0.15) is 5.82 Å². The van der Waals surface area contributed by atoms with E-state index in [-0.39, 0.29) is 17.9 Å². The van der Waals surface area contributed by atoms with Gasteiger partial charge in [0, 0.05) is 71.6 Å². The fourth-order valence-electron chi connectivity index (χ4n) is 5.34. The third-order valence-electron chi connectivity index (χ3n) is 7.26. The molecular weight excluding hydrogens is 418 g/mol. The number of aliphatic hydroxyl groups excluding tert-OH is 1. The van der Waals surface area contributed by atoms with E-state index >= 15 is 0 Å². The summed E-state index contributed by atoms with van der Waals surface area (Å²) >= 11 is 0. The first-order valence-corrected chi connectivity index (χ1v) is 12.4. The molecule has 0 radical (unpaired) electrons. The molecule has 0 saturated carbocycles. The van der Waals surface area contributed by atoms with Crippen molar-refractivity contribution in [2.75, 3.05) is 39.3 Å². The van der Waals surface area contributed by atoms with Crippen LogP contribution in [0.3, 0.4) is 0 Å². The summed E-state index contributed by atoms with van der Waals surface area (Å²) in [6.45, 7) is 8.89. The lowest BCUT2D eigenvalue weighted by molar-refractivity contribution is -0.132. The molecule has 2 aromatic rings.